The number of rotatable bonds is 11. The van der Waals surface area contributed by atoms with Crippen LogP contribution in [-0.4, -0.2) is 77.5 Å². The Kier molecular flexibility index (Phi) is 10.0. The lowest BCUT2D eigenvalue weighted by molar-refractivity contribution is -0.116. The summed E-state index contributed by atoms with van der Waals surface area (Å²) in [4.78, 5) is 58.8. The zero-order valence-corrected chi connectivity index (χ0v) is 31.4. The average Bonchev–Trinajstić information content (AvgIpc) is 3.54. The molecular formula is C39H38F3N9O4S. The van der Waals surface area contributed by atoms with Crippen molar-refractivity contribution in [2.75, 3.05) is 36.4 Å². The fraction of sp³-hybridized carbons (Fsp3) is 0.359. The van der Waals surface area contributed by atoms with Gasteiger partial charge < -0.3 is 24.4 Å². The van der Waals surface area contributed by atoms with Gasteiger partial charge in [-0.25, -0.2) is 9.97 Å². The topological polar surface area (TPSA) is 140 Å². The molecule has 3 aromatic heterocycles. The molecule has 2 aromatic carbocycles. The Bertz CT molecular complexity index is 2390. The Balaban J connectivity index is 1.06. The van der Waals surface area contributed by atoms with E-state index in [1.54, 1.807) is 16.4 Å². The van der Waals surface area contributed by atoms with Crippen LogP contribution in [0.5, 0.6) is 5.75 Å². The number of amides is 2. The quantitative estimate of drug-likeness (QED) is 0.164. The Labute approximate surface area is 323 Å². The lowest BCUT2D eigenvalue weighted by Gasteiger charge is -2.36. The van der Waals surface area contributed by atoms with E-state index < -0.39 is 11.4 Å². The zero-order valence-electron chi connectivity index (χ0n) is 30.6. The molecule has 8 rings (SSSR count). The molecule has 1 aliphatic heterocycles. The Hall–Kier alpha value is -5.71. The molecule has 0 spiro atoms. The highest BCUT2D eigenvalue weighted by molar-refractivity contribution is 8.00. The van der Waals surface area contributed by atoms with E-state index in [9.17, 15) is 27.6 Å². The van der Waals surface area contributed by atoms with Crippen molar-refractivity contribution in [3.63, 3.8) is 0 Å². The molecule has 0 radical (unpaired) electrons. The summed E-state index contributed by atoms with van der Waals surface area (Å²) in [6, 6.07) is 15.0. The summed E-state index contributed by atoms with van der Waals surface area (Å²) in [6.45, 7) is 4.84. The Morgan fingerprint density at radius 3 is 2.45 bits per heavy atom. The van der Waals surface area contributed by atoms with E-state index in [0.29, 0.717) is 65.7 Å². The maximum Gasteiger partial charge on any atom is 0.446 e. The molecule has 56 heavy (non-hydrogen) atoms. The van der Waals surface area contributed by atoms with Crippen molar-refractivity contribution < 1.29 is 27.5 Å². The summed E-state index contributed by atoms with van der Waals surface area (Å²) in [5.74, 6) is 1.28. The number of nitrogens with zero attached hydrogens (tertiary/aromatic N) is 8. The number of aryl methyl sites for hydroxylation is 1. The molecule has 290 valence electrons. The summed E-state index contributed by atoms with van der Waals surface area (Å²) >= 11 is -0.235. The predicted molar refractivity (Wildman–Crippen MR) is 203 cm³/mol. The minimum absolute atomic E-state index is 0.00356. The number of anilines is 2. The van der Waals surface area contributed by atoms with E-state index in [4.69, 9.17) is 9.72 Å². The van der Waals surface area contributed by atoms with E-state index in [1.165, 1.54) is 35.1 Å². The van der Waals surface area contributed by atoms with E-state index in [0.717, 1.165) is 24.0 Å². The maximum absolute atomic E-state index is 14.4. The van der Waals surface area contributed by atoms with Crippen molar-refractivity contribution in [3.8, 4) is 5.75 Å². The number of carbonyl (C=O) groups is 2. The zero-order chi connectivity index (χ0) is 39.1. The lowest BCUT2D eigenvalue weighted by atomic mass is 10.2. The van der Waals surface area contributed by atoms with E-state index >= 15 is 0 Å². The van der Waals surface area contributed by atoms with Gasteiger partial charge in [0.25, 0.3) is 11.5 Å². The summed E-state index contributed by atoms with van der Waals surface area (Å²) < 4.78 is 47.6. The fourth-order valence-electron chi connectivity index (χ4n) is 7.43. The highest BCUT2D eigenvalue weighted by atomic mass is 32.2. The number of fused-ring (bicyclic) bond motifs is 2. The molecule has 4 heterocycles. The predicted octanol–water partition coefficient (Wildman–Crippen LogP) is 5.77. The first-order chi connectivity index (χ1) is 27.0. The maximum atomic E-state index is 14.4. The molecule has 17 heteroatoms. The molecule has 1 N–H and O–H groups in total. The van der Waals surface area contributed by atoms with Crippen LogP contribution in [0.25, 0.3) is 11.4 Å². The van der Waals surface area contributed by atoms with Crippen LogP contribution in [0.1, 0.15) is 53.0 Å². The highest BCUT2D eigenvalue weighted by Gasteiger charge is 2.42. The SMILES string of the molecule is CCc1c(N2CCN(C(=O)c3ncnc(C)c3OCc3ccccc3)CC2)c(=O)n2nc(C3=CC4CC4C3)nc2n1CC(=O)Nc1ccc(SC(F)(F)F)cc1. The molecule has 2 amide bonds. The van der Waals surface area contributed by atoms with Gasteiger partial charge in [0.15, 0.2) is 17.3 Å². The van der Waals surface area contributed by atoms with Gasteiger partial charge >= 0.3 is 5.51 Å². The summed E-state index contributed by atoms with van der Waals surface area (Å²) in [6.07, 6.45) is 5.84. The number of aromatic nitrogens is 6. The minimum atomic E-state index is -4.43. The summed E-state index contributed by atoms with van der Waals surface area (Å²) in [5.41, 5.74) is -0.951. The van der Waals surface area contributed by atoms with Crippen LogP contribution in [0.15, 0.2) is 76.7 Å². The molecule has 3 aliphatic rings. The number of nitrogens with one attached hydrogen (secondary N) is 1. The van der Waals surface area contributed by atoms with Crippen LogP contribution < -0.4 is 20.5 Å². The third-order valence-corrected chi connectivity index (χ3v) is 11.0. The molecule has 2 aliphatic carbocycles. The van der Waals surface area contributed by atoms with Crippen LogP contribution >= 0.6 is 11.8 Å². The lowest BCUT2D eigenvalue weighted by Crippen LogP contribution is -2.51. The second-order valence-corrected chi connectivity index (χ2v) is 15.2. The first-order valence-corrected chi connectivity index (χ1v) is 19.2. The second kappa shape index (κ2) is 15.1. The number of benzene rings is 2. The standard InChI is InChI=1S/C39H38F3N9O4S/c1-3-30-33(48-13-15-49(16-14-48)36(53)32-34(23(2)43-22-44-32)55-21-24-7-5-4-6-8-24)37(54)51-38(46-35(47-51)27-18-25-17-26(25)19-27)50(30)20-31(52)45-28-9-11-29(12-10-28)56-39(40,41)42/h4-12,18,22,25-26H,3,13-17,19-21H2,1-2H3,(H,45,52). The number of hydrogen-bond acceptors (Lipinski definition) is 10. The normalized spacial score (nSPS) is 17.8. The first-order valence-electron chi connectivity index (χ1n) is 18.4. The molecule has 1 saturated heterocycles. The Morgan fingerprint density at radius 2 is 1.77 bits per heavy atom. The third-order valence-electron chi connectivity index (χ3n) is 10.3. The van der Waals surface area contributed by atoms with Crippen molar-refractivity contribution in [2.45, 2.75) is 56.7 Å². The van der Waals surface area contributed by atoms with E-state index in [1.807, 2.05) is 42.2 Å². The van der Waals surface area contributed by atoms with Crippen LogP contribution in [0.4, 0.5) is 24.5 Å². The van der Waals surface area contributed by atoms with Gasteiger partial charge in [-0.1, -0.05) is 43.3 Å². The molecule has 5 aromatic rings. The molecule has 0 bridgehead atoms. The molecule has 1 saturated carbocycles. The van der Waals surface area contributed by atoms with Gasteiger partial charge in [0, 0.05) is 36.8 Å². The molecular weight excluding hydrogens is 748 g/mol. The minimum Gasteiger partial charge on any atom is -0.485 e. The monoisotopic (exact) mass is 785 g/mol. The number of thioether (sulfide) groups is 1. The largest absolute Gasteiger partial charge is 0.485 e. The van der Waals surface area contributed by atoms with Crippen molar-refractivity contribution in [1.82, 2.24) is 34.0 Å². The molecule has 2 atom stereocenters. The number of allylic oxidation sites excluding steroid dienone is 2. The van der Waals surface area contributed by atoms with Gasteiger partial charge in [0.2, 0.25) is 11.7 Å². The Morgan fingerprint density at radius 1 is 1.02 bits per heavy atom. The van der Waals surface area contributed by atoms with E-state index in [2.05, 4.69) is 26.5 Å². The van der Waals surface area contributed by atoms with Gasteiger partial charge in [0.1, 0.15) is 25.2 Å². The summed E-state index contributed by atoms with van der Waals surface area (Å²) in [5, 5.41) is 7.44. The van der Waals surface area contributed by atoms with Crippen molar-refractivity contribution in [1.29, 1.82) is 0 Å². The summed E-state index contributed by atoms with van der Waals surface area (Å²) in [7, 11) is 0. The first kappa shape index (κ1) is 37.2. The van der Waals surface area contributed by atoms with Gasteiger partial charge in [-0.15, -0.1) is 5.10 Å². The van der Waals surface area contributed by atoms with Crippen molar-refractivity contribution >= 4 is 46.3 Å². The molecule has 13 nitrogen and oxygen atoms in total. The molecule has 2 unspecified atom stereocenters. The number of alkyl halides is 3. The van der Waals surface area contributed by atoms with Gasteiger partial charge in [-0.2, -0.15) is 22.7 Å². The fourth-order valence-corrected chi connectivity index (χ4v) is 7.97. The van der Waals surface area contributed by atoms with Crippen LogP contribution in [0.2, 0.25) is 0 Å². The molecule has 2 fully saturated rings. The van der Waals surface area contributed by atoms with Crippen molar-refractivity contribution in [2.24, 2.45) is 11.8 Å². The smallest absolute Gasteiger partial charge is 0.446 e. The van der Waals surface area contributed by atoms with Crippen molar-refractivity contribution in [3.05, 3.63) is 106 Å². The number of ether oxygens (including phenoxy) is 1. The van der Waals surface area contributed by atoms with Gasteiger partial charge in [-0.05, 0) is 85.2 Å². The number of hydrogen-bond donors (Lipinski definition) is 1. The van der Waals surface area contributed by atoms with Gasteiger partial charge in [-0.3, -0.25) is 14.4 Å². The van der Waals surface area contributed by atoms with Crippen LogP contribution in [0.3, 0.4) is 0 Å². The van der Waals surface area contributed by atoms with Crippen LogP contribution in [0, 0.1) is 18.8 Å². The number of halogens is 3. The second-order valence-electron chi connectivity index (χ2n) is 14.1. The number of carbonyl (C=O) groups excluding carboxylic acids is 2. The third kappa shape index (κ3) is 7.72. The number of piperazine rings is 1. The van der Waals surface area contributed by atoms with Crippen LogP contribution in [-0.2, 0) is 24.4 Å². The highest BCUT2D eigenvalue weighted by Crippen LogP contribution is 2.52. The van der Waals surface area contributed by atoms with E-state index in [-0.39, 0.29) is 65.8 Å². The van der Waals surface area contributed by atoms with Gasteiger partial charge in [0.05, 0.1) is 11.4 Å². The average molecular weight is 786 g/mol.